The van der Waals surface area contributed by atoms with Crippen molar-refractivity contribution in [1.82, 2.24) is 9.97 Å². The summed E-state index contributed by atoms with van der Waals surface area (Å²) in [5.74, 6) is 0. The fraction of sp³-hybridized carbons (Fsp3) is 0.333. The van der Waals surface area contributed by atoms with Gasteiger partial charge in [0.25, 0.3) is 0 Å². The van der Waals surface area contributed by atoms with E-state index in [9.17, 15) is 4.79 Å². The van der Waals surface area contributed by atoms with Crippen LogP contribution in [0.2, 0.25) is 0 Å². The molecule has 0 radical (unpaired) electrons. The molecule has 11 heavy (non-hydrogen) atoms. The first-order chi connectivity index (χ1) is 5.15. The molecule has 0 saturated heterocycles. The molecule has 0 bridgehead atoms. The van der Waals surface area contributed by atoms with Crippen molar-refractivity contribution in [3.05, 3.63) is 25.3 Å². The van der Waals surface area contributed by atoms with Crippen molar-refractivity contribution in [2.45, 2.75) is 13.3 Å². The highest BCUT2D eigenvalue weighted by atomic mass is 79.9. The third-order valence-corrected chi connectivity index (χ3v) is 3.22. The van der Waals surface area contributed by atoms with Crippen molar-refractivity contribution in [2.75, 3.05) is 0 Å². The summed E-state index contributed by atoms with van der Waals surface area (Å²) in [5.41, 5.74) is 0.536. The minimum absolute atomic E-state index is 0.322. The first kappa shape index (κ1) is 8.93. The quantitative estimate of drug-likeness (QED) is 0.799. The van der Waals surface area contributed by atoms with Crippen LogP contribution in [0.5, 0.6) is 0 Å². The summed E-state index contributed by atoms with van der Waals surface area (Å²) in [7, 11) is 0. The van der Waals surface area contributed by atoms with E-state index in [1.807, 2.05) is 6.92 Å². The second kappa shape index (κ2) is 3.49. The summed E-state index contributed by atoms with van der Waals surface area (Å²) >= 11 is 6.45. The fourth-order valence-electron chi connectivity index (χ4n) is 0.718. The molecule has 1 aromatic rings. The van der Waals surface area contributed by atoms with E-state index in [1.54, 1.807) is 0 Å². The molecule has 0 aliphatic carbocycles. The van der Waals surface area contributed by atoms with Gasteiger partial charge >= 0.3 is 5.69 Å². The second-order valence-electron chi connectivity index (χ2n) is 1.98. The third kappa shape index (κ3) is 1.90. The van der Waals surface area contributed by atoms with Crippen molar-refractivity contribution in [3.63, 3.8) is 0 Å². The monoisotopic (exact) mass is 280 g/mol. The molecule has 0 amide bonds. The van der Waals surface area contributed by atoms with E-state index in [2.05, 4.69) is 41.8 Å². The zero-order valence-corrected chi connectivity index (χ0v) is 8.99. The molecular formula is C6H6Br2N2O. The predicted octanol–water partition coefficient (Wildman–Crippen LogP) is 1.86. The Kier molecular flexibility index (Phi) is 2.84. The van der Waals surface area contributed by atoms with Gasteiger partial charge in [0, 0.05) is 5.69 Å². The predicted molar refractivity (Wildman–Crippen MR) is 49.6 cm³/mol. The van der Waals surface area contributed by atoms with Gasteiger partial charge in [-0.1, -0.05) is 6.92 Å². The van der Waals surface area contributed by atoms with Crippen LogP contribution in [0, 0.1) is 0 Å². The summed E-state index contributed by atoms with van der Waals surface area (Å²) in [6.45, 7) is 1.96. The van der Waals surface area contributed by atoms with Crippen LogP contribution in [0.3, 0.4) is 0 Å². The minimum atomic E-state index is -0.322. The molecule has 0 aliphatic heterocycles. The lowest BCUT2D eigenvalue weighted by Gasteiger charge is -2.00. The molecular weight excluding hydrogens is 276 g/mol. The third-order valence-electron chi connectivity index (χ3n) is 1.26. The highest BCUT2D eigenvalue weighted by Crippen LogP contribution is 2.21. The van der Waals surface area contributed by atoms with Crippen molar-refractivity contribution in [2.24, 2.45) is 0 Å². The fourth-order valence-corrected chi connectivity index (χ4v) is 1.59. The summed E-state index contributed by atoms with van der Waals surface area (Å²) in [4.78, 5) is 17.1. The molecule has 1 N–H and O–H groups in total. The first-order valence-corrected chi connectivity index (χ1v) is 4.68. The SMILES string of the molecule is CCc1[nH]c(=O)nc(Br)c1Br. The Labute approximate surface area is 80.5 Å². The van der Waals surface area contributed by atoms with E-state index >= 15 is 0 Å². The molecule has 0 fully saturated rings. The lowest BCUT2D eigenvalue weighted by atomic mass is 10.3. The Hall–Kier alpha value is -0.160. The Morgan fingerprint density at radius 1 is 1.55 bits per heavy atom. The molecule has 0 atom stereocenters. The zero-order chi connectivity index (χ0) is 8.43. The van der Waals surface area contributed by atoms with Crippen LogP contribution >= 0.6 is 31.9 Å². The summed E-state index contributed by atoms with van der Waals surface area (Å²) in [6, 6.07) is 0. The van der Waals surface area contributed by atoms with E-state index in [-0.39, 0.29) is 5.69 Å². The van der Waals surface area contributed by atoms with Crippen LogP contribution < -0.4 is 5.69 Å². The molecule has 0 unspecified atom stereocenters. The maximum atomic E-state index is 10.8. The van der Waals surface area contributed by atoms with Crippen molar-refractivity contribution < 1.29 is 0 Å². The van der Waals surface area contributed by atoms with Gasteiger partial charge in [-0.05, 0) is 38.3 Å². The normalized spacial score (nSPS) is 10.1. The maximum absolute atomic E-state index is 10.8. The Morgan fingerprint density at radius 2 is 2.18 bits per heavy atom. The molecule has 3 nitrogen and oxygen atoms in total. The minimum Gasteiger partial charge on any atom is -0.309 e. The van der Waals surface area contributed by atoms with E-state index in [1.165, 1.54) is 0 Å². The summed E-state index contributed by atoms with van der Waals surface area (Å²) in [5, 5.41) is 0. The number of nitrogens with one attached hydrogen (secondary N) is 1. The Bertz CT molecular complexity index is 321. The summed E-state index contributed by atoms with van der Waals surface area (Å²) < 4.78 is 1.37. The van der Waals surface area contributed by atoms with E-state index in [0.29, 0.717) is 4.60 Å². The number of hydrogen-bond donors (Lipinski definition) is 1. The standard InChI is InChI=1S/C6H6Br2N2O/c1-2-3-4(7)5(8)10-6(11)9-3/h2H2,1H3,(H,9,10,11). The second-order valence-corrected chi connectivity index (χ2v) is 3.52. The number of aryl methyl sites for hydroxylation is 1. The van der Waals surface area contributed by atoms with Gasteiger partial charge in [0.05, 0.1) is 4.47 Å². The van der Waals surface area contributed by atoms with Gasteiger partial charge in [0.2, 0.25) is 0 Å². The van der Waals surface area contributed by atoms with Gasteiger partial charge in [0.1, 0.15) is 4.60 Å². The molecule has 5 heteroatoms. The van der Waals surface area contributed by atoms with E-state index in [4.69, 9.17) is 0 Å². The average molecular weight is 282 g/mol. The highest BCUT2D eigenvalue weighted by molar-refractivity contribution is 9.13. The molecule has 0 saturated carbocycles. The molecule has 1 heterocycles. The zero-order valence-electron chi connectivity index (χ0n) is 5.82. The van der Waals surface area contributed by atoms with Crippen LogP contribution in [0.4, 0.5) is 0 Å². The van der Waals surface area contributed by atoms with E-state index < -0.39 is 0 Å². The smallest absolute Gasteiger partial charge is 0.309 e. The molecule has 0 aromatic carbocycles. The number of nitrogens with zero attached hydrogens (tertiary/aromatic N) is 1. The van der Waals surface area contributed by atoms with Gasteiger partial charge in [-0.25, -0.2) is 4.79 Å². The number of rotatable bonds is 1. The van der Waals surface area contributed by atoms with E-state index in [0.717, 1.165) is 16.6 Å². The number of H-pyrrole nitrogens is 1. The van der Waals surface area contributed by atoms with Gasteiger partial charge < -0.3 is 4.98 Å². The lowest BCUT2D eigenvalue weighted by molar-refractivity contribution is 0.929. The van der Waals surface area contributed by atoms with Crippen molar-refractivity contribution in [3.8, 4) is 0 Å². The van der Waals surface area contributed by atoms with Crippen molar-refractivity contribution >= 4 is 31.9 Å². The maximum Gasteiger partial charge on any atom is 0.346 e. The van der Waals surface area contributed by atoms with Gasteiger partial charge in [0.15, 0.2) is 0 Å². The van der Waals surface area contributed by atoms with Gasteiger partial charge in [-0.3, -0.25) is 0 Å². The molecule has 1 rings (SSSR count). The van der Waals surface area contributed by atoms with Crippen LogP contribution in [0.25, 0.3) is 0 Å². The van der Waals surface area contributed by atoms with Gasteiger partial charge in [-0.15, -0.1) is 0 Å². The molecule has 60 valence electrons. The number of aromatic nitrogens is 2. The lowest BCUT2D eigenvalue weighted by Crippen LogP contribution is -2.13. The molecule has 1 aromatic heterocycles. The average Bonchev–Trinajstić information content (AvgIpc) is 1.96. The van der Waals surface area contributed by atoms with Gasteiger partial charge in [-0.2, -0.15) is 4.98 Å². The summed E-state index contributed by atoms with van der Waals surface area (Å²) in [6.07, 6.45) is 0.775. The van der Waals surface area contributed by atoms with Crippen LogP contribution in [-0.2, 0) is 6.42 Å². The molecule has 0 aliphatic rings. The Morgan fingerprint density at radius 3 is 2.73 bits per heavy atom. The van der Waals surface area contributed by atoms with Crippen LogP contribution in [-0.4, -0.2) is 9.97 Å². The Balaban J connectivity index is 3.36. The van der Waals surface area contributed by atoms with Crippen LogP contribution in [0.1, 0.15) is 12.6 Å². The number of aromatic amines is 1. The number of hydrogen-bond acceptors (Lipinski definition) is 2. The number of halogens is 2. The van der Waals surface area contributed by atoms with Crippen molar-refractivity contribution in [1.29, 1.82) is 0 Å². The largest absolute Gasteiger partial charge is 0.346 e. The molecule has 0 spiro atoms. The highest BCUT2D eigenvalue weighted by Gasteiger charge is 2.04. The first-order valence-electron chi connectivity index (χ1n) is 3.09. The topological polar surface area (TPSA) is 45.8 Å². The van der Waals surface area contributed by atoms with Crippen LogP contribution in [0.15, 0.2) is 13.9 Å².